The van der Waals surface area contributed by atoms with Crippen LogP contribution in [-0.2, 0) is 14.3 Å². The Balaban J connectivity index is 2.32. The summed E-state index contributed by atoms with van der Waals surface area (Å²) in [5.74, 6) is -1.73. The van der Waals surface area contributed by atoms with Crippen molar-refractivity contribution >= 4 is 57.7 Å². The SMILES string of the molecule is CCOC(=O)c1[nH]c2cc(Cl)cc(Cl)c2c1/C=C(/C(=O)OC)c1ccc(F)cc1. The number of rotatable bonds is 5. The van der Waals surface area contributed by atoms with Gasteiger partial charge in [0.15, 0.2) is 0 Å². The molecule has 3 rings (SSSR count). The van der Waals surface area contributed by atoms with Gasteiger partial charge in [-0.3, -0.25) is 0 Å². The van der Waals surface area contributed by atoms with Gasteiger partial charge in [0.25, 0.3) is 0 Å². The van der Waals surface area contributed by atoms with Crippen LogP contribution in [0, 0.1) is 5.82 Å². The summed E-state index contributed by atoms with van der Waals surface area (Å²) in [4.78, 5) is 27.9. The lowest BCUT2D eigenvalue weighted by Crippen LogP contribution is -2.08. The summed E-state index contributed by atoms with van der Waals surface area (Å²) >= 11 is 12.4. The van der Waals surface area contributed by atoms with Gasteiger partial charge in [-0.15, -0.1) is 0 Å². The van der Waals surface area contributed by atoms with Gasteiger partial charge in [-0.1, -0.05) is 35.3 Å². The zero-order chi connectivity index (χ0) is 21.1. The Morgan fingerprint density at radius 3 is 2.48 bits per heavy atom. The van der Waals surface area contributed by atoms with Crippen molar-refractivity contribution in [2.75, 3.05) is 13.7 Å². The van der Waals surface area contributed by atoms with Gasteiger partial charge in [0.2, 0.25) is 0 Å². The van der Waals surface area contributed by atoms with Crippen LogP contribution in [0.3, 0.4) is 0 Å². The van der Waals surface area contributed by atoms with E-state index in [1.807, 2.05) is 0 Å². The van der Waals surface area contributed by atoms with Gasteiger partial charge in [-0.25, -0.2) is 14.0 Å². The van der Waals surface area contributed by atoms with E-state index in [4.69, 9.17) is 32.7 Å². The molecule has 8 heteroatoms. The van der Waals surface area contributed by atoms with Crippen molar-refractivity contribution < 1.29 is 23.5 Å². The van der Waals surface area contributed by atoms with Crippen LogP contribution in [0.1, 0.15) is 28.5 Å². The minimum absolute atomic E-state index is 0.106. The Kier molecular flexibility index (Phi) is 6.25. The molecule has 2 aromatic carbocycles. The molecule has 0 atom stereocenters. The number of esters is 2. The summed E-state index contributed by atoms with van der Waals surface area (Å²) in [5.41, 5.74) is 1.47. The van der Waals surface area contributed by atoms with E-state index < -0.39 is 17.8 Å². The van der Waals surface area contributed by atoms with Gasteiger partial charge in [-0.05, 0) is 42.8 Å². The number of hydrogen-bond acceptors (Lipinski definition) is 4. The molecule has 0 aliphatic heterocycles. The molecule has 1 aromatic heterocycles. The molecule has 0 spiro atoms. The van der Waals surface area contributed by atoms with Crippen LogP contribution in [0.5, 0.6) is 0 Å². The van der Waals surface area contributed by atoms with E-state index in [0.717, 1.165) is 0 Å². The Hall–Kier alpha value is -2.83. The monoisotopic (exact) mass is 435 g/mol. The van der Waals surface area contributed by atoms with E-state index in [0.29, 0.717) is 27.1 Å². The standard InChI is InChI=1S/C21H16Cl2FNO4/c1-3-29-21(27)19-15(18-16(23)8-12(22)9-17(18)25-19)10-14(20(26)28-2)11-4-6-13(24)7-5-11/h4-10,25H,3H2,1-2H3/b14-10+. The second-order valence-corrected chi connectivity index (χ2v) is 6.84. The number of methoxy groups -OCH3 is 1. The van der Waals surface area contributed by atoms with Crippen LogP contribution < -0.4 is 0 Å². The Morgan fingerprint density at radius 1 is 1.17 bits per heavy atom. The molecule has 1 heterocycles. The fraction of sp³-hybridized carbons (Fsp3) is 0.143. The van der Waals surface area contributed by atoms with E-state index in [9.17, 15) is 14.0 Å². The highest BCUT2D eigenvalue weighted by atomic mass is 35.5. The highest BCUT2D eigenvalue weighted by molar-refractivity contribution is 6.39. The van der Waals surface area contributed by atoms with Crippen molar-refractivity contribution in [3.05, 3.63) is 69.1 Å². The Morgan fingerprint density at radius 2 is 1.86 bits per heavy atom. The third-order valence-corrected chi connectivity index (χ3v) is 4.70. The van der Waals surface area contributed by atoms with Crippen molar-refractivity contribution in [2.24, 2.45) is 0 Å². The summed E-state index contributed by atoms with van der Waals surface area (Å²) < 4.78 is 23.3. The van der Waals surface area contributed by atoms with E-state index in [2.05, 4.69) is 4.98 Å². The number of nitrogens with one attached hydrogen (secondary N) is 1. The quantitative estimate of drug-likeness (QED) is 0.424. The number of halogens is 3. The van der Waals surface area contributed by atoms with Gasteiger partial charge in [0, 0.05) is 21.5 Å². The van der Waals surface area contributed by atoms with Crippen molar-refractivity contribution in [3.63, 3.8) is 0 Å². The van der Waals surface area contributed by atoms with Gasteiger partial charge < -0.3 is 14.5 Å². The van der Waals surface area contributed by atoms with Crippen LogP contribution in [0.2, 0.25) is 10.0 Å². The predicted molar refractivity (Wildman–Crippen MR) is 111 cm³/mol. The predicted octanol–water partition coefficient (Wildman–Crippen LogP) is 5.50. The molecule has 0 amide bonds. The fourth-order valence-corrected chi connectivity index (χ4v) is 3.52. The molecule has 3 aromatic rings. The minimum atomic E-state index is -0.661. The van der Waals surface area contributed by atoms with Gasteiger partial charge in [0.05, 0.1) is 24.3 Å². The number of hydrogen-bond donors (Lipinski definition) is 1. The lowest BCUT2D eigenvalue weighted by Gasteiger charge is -2.08. The average Bonchev–Trinajstić information content (AvgIpc) is 3.05. The van der Waals surface area contributed by atoms with Gasteiger partial charge in [-0.2, -0.15) is 0 Å². The fourth-order valence-electron chi connectivity index (χ4n) is 2.93. The van der Waals surface area contributed by atoms with Crippen molar-refractivity contribution in [1.29, 1.82) is 0 Å². The van der Waals surface area contributed by atoms with E-state index in [1.54, 1.807) is 13.0 Å². The zero-order valence-corrected chi connectivity index (χ0v) is 17.0. The summed E-state index contributed by atoms with van der Waals surface area (Å²) in [6, 6.07) is 8.46. The number of benzene rings is 2. The maximum absolute atomic E-state index is 13.3. The number of fused-ring (bicyclic) bond motifs is 1. The van der Waals surface area contributed by atoms with Crippen LogP contribution >= 0.6 is 23.2 Å². The topological polar surface area (TPSA) is 68.4 Å². The second kappa shape index (κ2) is 8.68. The molecule has 0 saturated heterocycles. The summed E-state index contributed by atoms with van der Waals surface area (Å²) in [5, 5.41) is 1.15. The molecule has 0 unspecified atom stereocenters. The lowest BCUT2D eigenvalue weighted by molar-refractivity contribution is -0.133. The Bertz CT molecular complexity index is 1120. The highest BCUT2D eigenvalue weighted by Crippen LogP contribution is 2.35. The van der Waals surface area contributed by atoms with Crippen LogP contribution in [0.15, 0.2) is 36.4 Å². The number of ether oxygens (including phenoxy) is 2. The third kappa shape index (κ3) is 4.28. The zero-order valence-electron chi connectivity index (χ0n) is 15.5. The van der Waals surface area contributed by atoms with Crippen molar-refractivity contribution in [1.82, 2.24) is 4.98 Å². The molecule has 0 aliphatic rings. The largest absolute Gasteiger partial charge is 0.465 e. The molecular formula is C21H16Cl2FNO4. The number of aromatic nitrogens is 1. The summed E-state index contributed by atoms with van der Waals surface area (Å²) in [7, 11) is 1.23. The van der Waals surface area contributed by atoms with E-state index >= 15 is 0 Å². The van der Waals surface area contributed by atoms with Crippen molar-refractivity contribution in [2.45, 2.75) is 6.92 Å². The molecule has 0 saturated carbocycles. The maximum Gasteiger partial charge on any atom is 0.355 e. The molecule has 0 bridgehead atoms. The first-order valence-corrected chi connectivity index (χ1v) is 9.35. The first-order chi connectivity index (χ1) is 13.8. The first-order valence-electron chi connectivity index (χ1n) is 8.59. The first kappa shape index (κ1) is 20.9. The molecule has 1 N–H and O–H groups in total. The highest BCUT2D eigenvalue weighted by Gasteiger charge is 2.22. The van der Waals surface area contributed by atoms with Gasteiger partial charge in [0.1, 0.15) is 11.5 Å². The number of carbonyl (C=O) groups excluding carboxylic acids is 2. The third-order valence-electron chi connectivity index (χ3n) is 4.18. The maximum atomic E-state index is 13.3. The lowest BCUT2D eigenvalue weighted by atomic mass is 10.0. The molecule has 29 heavy (non-hydrogen) atoms. The van der Waals surface area contributed by atoms with Crippen molar-refractivity contribution in [3.8, 4) is 0 Å². The molecule has 150 valence electrons. The van der Waals surface area contributed by atoms with Crippen LogP contribution in [0.4, 0.5) is 4.39 Å². The normalized spacial score (nSPS) is 11.6. The molecule has 5 nitrogen and oxygen atoms in total. The minimum Gasteiger partial charge on any atom is -0.465 e. The molecular weight excluding hydrogens is 420 g/mol. The number of carbonyl (C=O) groups is 2. The molecule has 0 aliphatic carbocycles. The second-order valence-electron chi connectivity index (χ2n) is 6.00. The van der Waals surface area contributed by atoms with E-state index in [-0.39, 0.29) is 22.9 Å². The summed E-state index contributed by atoms with van der Waals surface area (Å²) in [6.07, 6.45) is 1.46. The van der Waals surface area contributed by atoms with Crippen LogP contribution in [0.25, 0.3) is 22.6 Å². The number of aromatic amines is 1. The summed E-state index contributed by atoms with van der Waals surface area (Å²) in [6.45, 7) is 1.84. The molecule has 0 fully saturated rings. The average molecular weight is 436 g/mol. The Labute approximate surface area is 176 Å². The van der Waals surface area contributed by atoms with Gasteiger partial charge >= 0.3 is 11.9 Å². The molecule has 0 radical (unpaired) electrons. The smallest absolute Gasteiger partial charge is 0.355 e. The van der Waals surface area contributed by atoms with E-state index in [1.165, 1.54) is 43.5 Å². The number of H-pyrrole nitrogens is 1. The van der Waals surface area contributed by atoms with Crippen LogP contribution in [-0.4, -0.2) is 30.6 Å².